The maximum absolute atomic E-state index is 13.7. The number of nitrogens with one attached hydrogen (secondary N) is 2. The number of para-hydroxylation sites is 2. The number of carbonyl (C=O) groups is 1. The van der Waals surface area contributed by atoms with Crippen molar-refractivity contribution in [2.75, 3.05) is 10.6 Å². The van der Waals surface area contributed by atoms with E-state index in [2.05, 4.69) is 10.6 Å². The average Bonchev–Trinajstić information content (AvgIpc) is 2.62. The molecule has 0 aromatic heterocycles. The first-order valence-electron chi connectivity index (χ1n) is 6.74. The molecule has 2 aromatic carbocycles. The minimum Gasteiger partial charge on any atom is -0.369 e. The third kappa shape index (κ3) is 2.72. The molecule has 3 nitrogen and oxygen atoms in total. The Morgan fingerprint density at radius 1 is 1.05 bits per heavy atom. The summed E-state index contributed by atoms with van der Waals surface area (Å²) in [6.07, 6.45) is 1.12. The van der Waals surface area contributed by atoms with Gasteiger partial charge in [0.2, 0.25) is 5.91 Å². The fourth-order valence-electron chi connectivity index (χ4n) is 2.46. The van der Waals surface area contributed by atoms with E-state index in [1.165, 1.54) is 6.07 Å². The zero-order valence-electron chi connectivity index (χ0n) is 11.2. The van der Waals surface area contributed by atoms with Gasteiger partial charge in [-0.2, -0.15) is 0 Å². The van der Waals surface area contributed by atoms with Crippen LogP contribution in [0.1, 0.15) is 12.0 Å². The third-order valence-corrected chi connectivity index (χ3v) is 3.58. The Morgan fingerprint density at radius 3 is 2.52 bits per heavy atom. The summed E-state index contributed by atoms with van der Waals surface area (Å²) in [4.78, 5) is 12.2. The van der Waals surface area contributed by atoms with Crippen LogP contribution in [0.3, 0.4) is 0 Å². The number of anilines is 2. The summed E-state index contributed by atoms with van der Waals surface area (Å²) in [5.74, 6) is -1.70. The number of hydrogen-bond donors (Lipinski definition) is 2. The molecule has 21 heavy (non-hydrogen) atoms. The largest absolute Gasteiger partial charge is 0.369 e. The van der Waals surface area contributed by atoms with Crippen LogP contribution in [0, 0.1) is 11.6 Å². The molecular formula is C16H14F2N2O. The van der Waals surface area contributed by atoms with Crippen molar-refractivity contribution in [1.82, 2.24) is 0 Å². The van der Waals surface area contributed by atoms with Crippen molar-refractivity contribution in [2.45, 2.75) is 18.9 Å². The van der Waals surface area contributed by atoms with Gasteiger partial charge in [-0.25, -0.2) is 8.78 Å². The Kier molecular flexibility index (Phi) is 3.56. The molecule has 5 heteroatoms. The Morgan fingerprint density at radius 2 is 1.76 bits per heavy atom. The van der Waals surface area contributed by atoms with Gasteiger partial charge in [0, 0.05) is 5.69 Å². The molecule has 1 heterocycles. The van der Waals surface area contributed by atoms with Crippen molar-refractivity contribution in [3.05, 3.63) is 59.7 Å². The first-order chi connectivity index (χ1) is 10.1. The molecule has 0 saturated carbocycles. The van der Waals surface area contributed by atoms with Gasteiger partial charge in [-0.3, -0.25) is 4.79 Å². The van der Waals surface area contributed by atoms with Gasteiger partial charge in [-0.15, -0.1) is 0 Å². The van der Waals surface area contributed by atoms with Gasteiger partial charge < -0.3 is 10.6 Å². The highest BCUT2D eigenvalue weighted by Gasteiger charge is 2.25. The Balaban J connectivity index is 1.83. The number of benzene rings is 2. The molecule has 3 rings (SSSR count). The quantitative estimate of drug-likeness (QED) is 0.890. The van der Waals surface area contributed by atoms with Crippen molar-refractivity contribution in [1.29, 1.82) is 0 Å². The van der Waals surface area contributed by atoms with Crippen LogP contribution in [-0.4, -0.2) is 11.9 Å². The van der Waals surface area contributed by atoms with Gasteiger partial charge in [0.1, 0.15) is 23.4 Å². The Hall–Kier alpha value is -2.43. The number of carbonyl (C=O) groups excluding carboxylic acids is 1. The topological polar surface area (TPSA) is 41.1 Å². The highest BCUT2D eigenvalue weighted by molar-refractivity contribution is 5.97. The molecule has 1 aliphatic rings. The minimum atomic E-state index is -0.704. The molecule has 1 unspecified atom stereocenters. The van der Waals surface area contributed by atoms with Crippen molar-refractivity contribution in [2.24, 2.45) is 0 Å². The standard InChI is InChI=1S/C16H14F2N2O/c17-11-5-3-6-12(18)15(11)19-14-9-8-10-4-1-2-7-13(10)20-16(14)21/h1-7,14,19H,8-9H2,(H,20,21). The van der Waals surface area contributed by atoms with Crippen molar-refractivity contribution in [3.63, 3.8) is 0 Å². The van der Waals surface area contributed by atoms with E-state index in [9.17, 15) is 13.6 Å². The van der Waals surface area contributed by atoms with E-state index in [0.29, 0.717) is 12.8 Å². The van der Waals surface area contributed by atoms with Crippen LogP contribution >= 0.6 is 0 Å². The SMILES string of the molecule is O=C1Nc2ccccc2CCC1Nc1c(F)cccc1F. The smallest absolute Gasteiger partial charge is 0.246 e. The van der Waals surface area contributed by atoms with Crippen molar-refractivity contribution >= 4 is 17.3 Å². The molecule has 1 atom stereocenters. The van der Waals surface area contributed by atoms with Gasteiger partial charge >= 0.3 is 0 Å². The zero-order chi connectivity index (χ0) is 14.8. The lowest BCUT2D eigenvalue weighted by atomic mass is 10.1. The molecule has 108 valence electrons. The fourth-order valence-corrected chi connectivity index (χ4v) is 2.46. The molecule has 1 amide bonds. The molecular weight excluding hydrogens is 274 g/mol. The number of amides is 1. The fraction of sp³-hybridized carbons (Fsp3) is 0.188. The van der Waals surface area contributed by atoms with Gasteiger partial charge in [0.25, 0.3) is 0 Å². The maximum Gasteiger partial charge on any atom is 0.246 e. The van der Waals surface area contributed by atoms with Crippen LogP contribution in [0.2, 0.25) is 0 Å². The van der Waals surface area contributed by atoms with E-state index in [1.54, 1.807) is 0 Å². The number of fused-ring (bicyclic) bond motifs is 1. The van der Waals surface area contributed by atoms with E-state index in [0.717, 1.165) is 23.4 Å². The summed E-state index contributed by atoms with van der Waals surface area (Å²) in [6.45, 7) is 0. The monoisotopic (exact) mass is 288 g/mol. The van der Waals surface area contributed by atoms with E-state index < -0.39 is 17.7 Å². The minimum absolute atomic E-state index is 0.261. The summed E-state index contributed by atoms with van der Waals surface area (Å²) in [5, 5.41) is 5.47. The van der Waals surface area contributed by atoms with Crippen LogP contribution in [0.5, 0.6) is 0 Å². The second kappa shape index (κ2) is 5.52. The molecule has 0 spiro atoms. The summed E-state index contributed by atoms with van der Waals surface area (Å²) >= 11 is 0. The van der Waals surface area contributed by atoms with E-state index >= 15 is 0 Å². The summed E-state index contributed by atoms with van der Waals surface area (Å²) < 4.78 is 27.3. The van der Waals surface area contributed by atoms with E-state index in [4.69, 9.17) is 0 Å². The molecule has 0 aliphatic carbocycles. The molecule has 1 aliphatic heterocycles. The first kappa shape index (κ1) is 13.5. The Labute approximate surface area is 121 Å². The normalized spacial score (nSPS) is 17.6. The predicted octanol–water partition coefficient (Wildman–Crippen LogP) is 3.33. The number of halogens is 2. The number of hydrogen-bond acceptors (Lipinski definition) is 2. The predicted molar refractivity (Wildman–Crippen MR) is 77.2 cm³/mol. The third-order valence-electron chi connectivity index (χ3n) is 3.58. The lowest BCUT2D eigenvalue weighted by Gasteiger charge is -2.17. The molecule has 0 bridgehead atoms. The lowest BCUT2D eigenvalue weighted by Crippen LogP contribution is -2.34. The highest BCUT2D eigenvalue weighted by atomic mass is 19.1. The lowest BCUT2D eigenvalue weighted by molar-refractivity contribution is -0.116. The first-order valence-corrected chi connectivity index (χ1v) is 6.74. The van der Waals surface area contributed by atoms with Crippen LogP contribution < -0.4 is 10.6 Å². The van der Waals surface area contributed by atoms with Crippen LogP contribution in [0.15, 0.2) is 42.5 Å². The number of rotatable bonds is 2. The van der Waals surface area contributed by atoms with Gasteiger partial charge in [-0.05, 0) is 36.6 Å². The van der Waals surface area contributed by atoms with Crippen LogP contribution in [0.4, 0.5) is 20.2 Å². The van der Waals surface area contributed by atoms with Gasteiger partial charge in [0.05, 0.1) is 0 Å². The second-order valence-electron chi connectivity index (χ2n) is 4.98. The summed E-state index contributed by atoms with van der Waals surface area (Å²) in [6, 6.07) is 10.4. The molecule has 0 fully saturated rings. The zero-order valence-corrected chi connectivity index (χ0v) is 11.2. The van der Waals surface area contributed by atoms with Crippen molar-refractivity contribution in [3.8, 4) is 0 Å². The average molecular weight is 288 g/mol. The summed E-state index contributed by atoms with van der Waals surface area (Å²) in [5.41, 5.74) is 1.51. The summed E-state index contributed by atoms with van der Waals surface area (Å²) in [7, 11) is 0. The second-order valence-corrected chi connectivity index (χ2v) is 4.98. The number of aryl methyl sites for hydroxylation is 1. The Bertz CT molecular complexity index is 667. The van der Waals surface area contributed by atoms with Crippen LogP contribution in [0.25, 0.3) is 0 Å². The van der Waals surface area contributed by atoms with Gasteiger partial charge in [0.15, 0.2) is 0 Å². The van der Waals surface area contributed by atoms with Crippen molar-refractivity contribution < 1.29 is 13.6 Å². The van der Waals surface area contributed by atoms with E-state index in [1.807, 2.05) is 24.3 Å². The molecule has 2 N–H and O–H groups in total. The maximum atomic E-state index is 13.7. The van der Waals surface area contributed by atoms with Crippen LogP contribution in [-0.2, 0) is 11.2 Å². The molecule has 0 saturated heterocycles. The molecule has 0 radical (unpaired) electrons. The highest BCUT2D eigenvalue weighted by Crippen LogP contribution is 2.25. The van der Waals surface area contributed by atoms with Gasteiger partial charge in [-0.1, -0.05) is 24.3 Å². The molecule has 2 aromatic rings. The van der Waals surface area contributed by atoms with E-state index in [-0.39, 0.29) is 11.6 Å².